The Morgan fingerprint density at radius 1 is 1.26 bits per heavy atom. The zero-order chi connectivity index (χ0) is 18.8. The molecule has 7 nitrogen and oxygen atoms in total. The van der Waals surface area contributed by atoms with Gasteiger partial charge in [0.2, 0.25) is 0 Å². The molecule has 0 bridgehead atoms. The van der Waals surface area contributed by atoms with Gasteiger partial charge in [-0.15, -0.1) is 0 Å². The van der Waals surface area contributed by atoms with Gasteiger partial charge < -0.3 is 14.3 Å². The van der Waals surface area contributed by atoms with Crippen LogP contribution in [0.3, 0.4) is 0 Å². The van der Waals surface area contributed by atoms with E-state index in [1.807, 2.05) is 24.3 Å². The van der Waals surface area contributed by atoms with Gasteiger partial charge in [0.25, 0.3) is 5.91 Å². The number of fused-ring (bicyclic) bond motifs is 1. The molecule has 4 aromatic rings. The summed E-state index contributed by atoms with van der Waals surface area (Å²) in [5.74, 6) is 1.38. The molecule has 3 heterocycles. The summed E-state index contributed by atoms with van der Waals surface area (Å²) in [5.41, 5.74) is 3.10. The number of amides is 1. The van der Waals surface area contributed by atoms with Crippen LogP contribution in [0.25, 0.3) is 22.5 Å². The molecular formula is C20H21N5O2. The monoisotopic (exact) mass is 363 g/mol. The van der Waals surface area contributed by atoms with Crippen LogP contribution in [0.15, 0.2) is 53.1 Å². The Morgan fingerprint density at radius 3 is 2.89 bits per heavy atom. The number of aromatic nitrogens is 4. The molecule has 7 heteroatoms. The maximum Gasteiger partial charge on any atom is 0.271 e. The number of hydrogen-bond acceptors (Lipinski definition) is 4. The van der Waals surface area contributed by atoms with Crippen LogP contribution in [-0.4, -0.2) is 32.2 Å². The quantitative estimate of drug-likeness (QED) is 0.548. The Bertz CT molecular complexity index is 1060. The highest BCUT2D eigenvalue weighted by molar-refractivity contribution is 5.93. The van der Waals surface area contributed by atoms with E-state index in [9.17, 15) is 4.79 Å². The van der Waals surface area contributed by atoms with Crippen LogP contribution in [0.4, 0.5) is 0 Å². The maximum atomic E-state index is 12.4. The molecule has 27 heavy (non-hydrogen) atoms. The SMILES string of the molecule is CC(C)n1c(CCNC(=O)c2cc(-c3ccco3)[nH]n2)nc2ccccc21. The second kappa shape index (κ2) is 7.11. The van der Waals surface area contributed by atoms with Crippen LogP contribution in [0.2, 0.25) is 0 Å². The number of benzene rings is 1. The van der Waals surface area contributed by atoms with Crippen LogP contribution in [0.5, 0.6) is 0 Å². The molecule has 4 rings (SSSR count). The predicted molar refractivity (Wildman–Crippen MR) is 102 cm³/mol. The molecular weight excluding hydrogens is 342 g/mol. The van der Waals surface area contributed by atoms with Crippen molar-refractivity contribution < 1.29 is 9.21 Å². The number of carbonyl (C=O) groups is 1. The molecule has 0 saturated heterocycles. The molecule has 0 unspecified atom stereocenters. The van der Waals surface area contributed by atoms with Crippen LogP contribution in [0, 0.1) is 0 Å². The molecule has 1 aromatic carbocycles. The van der Waals surface area contributed by atoms with E-state index in [1.165, 1.54) is 0 Å². The lowest BCUT2D eigenvalue weighted by Crippen LogP contribution is -2.27. The van der Waals surface area contributed by atoms with Gasteiger partial charge in [0, 0.05) is 25.1 Å². The average molecular weight is 363 g/mol. The van der Waals surface area contributed by atoms with Gasteiger partial charge in [-0.05, 0) is 38.1 Å². The van der Waals surface area contributed by atoms with Gasteiger partial charge in [-0.25, -0.2) is 4.98 Å². The van der Waals surface area contributed by atoms with Gasteiger partial charge in [0.05, 0.1) is 17.3 Å². The van der Waals surface area contributed by atoms with Crippen molar-refractivity contribution in [2.45, 2.75) is 26.3 Å². The van der Waals surface area contributed by atoms with E-state index in [2.05, 4.69) is 40.0 Å². The number of aromatic amines is 1. The highest BCUT2D eigenvalue weighted by Gasteiger charge is 2.15. The number of nitrogens with zero attached hydrogens (tertiary/aromatic N) is 3. The average Bonchev–Trinajstić information content (AvgIpc) is 3.39. The molecule has 2 N–H and O–H groups in total. The third-order valence-electron chi connectivity index (χ3n) is 4.42. The highest BCUT2D eigenvalue weighted by Crippen LogP contribution is 2.21. The summed E-state index contributed by atoms with van der Waals surface area (Å²) in [5, 5.41) is 9.79. The van der Waals surface area contributed by atoms with Gasteiger partial charge in [0.1, 0.15) is 11.5 Å². The van der Waals surface area contributed by atoms with Crippen molar-refractivity contribution in [2.24, 2.45) is 0 Å². The second-order valence-corrected chi connectivity index (χ2v) is 6.63. The van der Waals surface area contributed by atoms with Crippen LogP contribution >= 0.6 is 0 Å². The number of imidazole rings is 1. The van der Waals surface area contributed by atoms with E-state index in [-0.39, 0.29) is 5.91 Å². The number of para-hydroxylation sites is 2. The van der Waals surface area contributed by atoms with Crippen LogP contribution in [0.1, 0.15) is 36.2 Å². The first-order chi connectivity index (χ1) is 13.1. The number of hydrogen-bond donors (Lipinski definition) is 2. The van der Waals surface area contributed by atoms with Gasteiger partial charge >= 0.3 is 0 Å². The second-order valence-electron chi connectivity index (χ2n) is 6.63. The molecule has 0 atom stereocenters. The Balaban J connectivity index is 1.43. The molecule has 0 saturated carbocycles. The van der Waals surface area contributed by atoms with Gasteiger partial charge in [-0.1, -0.05) is 12.1 Å². The lowest BCUT2D eigenvalue weighted by atomic mass is 10.2. The summed E-state index contributed by atoms with van der Waals surface area (Å²) in [7, 11) is 0. The van der Waals surface area contributed by atoms with Gasteiger partial charge in [-0.3, -0.25) is 9.89 Å². The minimum atomic E-state index is -0.226. The molecule has 0 radical (unpaired) electrons. The molecule has 0 spiro atoms. The number of carbonyl (C=O) groups excluding carboxylic acids is 1. The zero-order valence-electron chi connectivity index (χ0n) is 15.3. The lowest BCUT2D eigenvalue weighted by molar-refractivity contribution is 0.0949. The van der Waals surface area contributed by atoms with Crippen molar-refractivity contribution in [1.29, 1.82) is 0 Å². The van der Waals surface area contributed by atoms with Crippen molar-refractivity contribution in [3.63, 3.8) is 0 Å². The van der Waals surface area contributed by atoms with Crippen molar-refractivity contribution in [3.8, 4) is 11.5 Å². The normalized spacial score (nSPS) is 11.4. The van der Waals surface area contributed by atoms with Crippen molar-refractivity contribution in [2.75, 3.05) is 6.54 Å². The third kappa shape index (κ3) is 3.36. The first-order valence-electron chi connectivity index (χ1n) is 8.97. The Hall–Kier alpha value is -3.35. The van der Waals surface area contributed by atoms with Crippen LogP contribution in [-0.2, 0) is 6.42 Å². The van der Waals surface area contributed by atoms with E-state index >= 15 is 0 Å². The molecule has 0 aliphatic carbocycles. The van der Waals surface area contributed by atoms with E-state index in [4.69, 9.17) is 9.40 Å². The number of H-pyrrole nitrogens is 1. The van der Waals surface area contributed by atoms with E-state index < -0.39 is 0 Å². The summed E-state index contributed by atoms with van der Waals surface area (Å²) in [6, 6.07) is 13.7. The predicted octanol–water partition coefficient (Wildman–Crippen LogP) is 3.57. The summed E-state index contributed by atoms with van der Waals surface area (Å²) in [6.45, 7) is 4.75. The van der Waals surface area contributed by atoms with Crippen molar-refractivity contribution in [3.05, 3.63) is 60.2 Å². The zero-order valence-corrected chi connectivity index (χ0v) is 15.3. The third-order valence-corrected chi connectivity index (χ3v) is 4.42. The standard InChI is InChI=1S/C20H21N5O2/c1-13(2)25-17-7-4-3-6-14(17)22-19(25)9-10-21-20(26)16-12-15(23-24-16)18-8-5-11-27-18/h3-8,11-13H,9-10H2,1-2H3,(H,21,26)(H,23,24). The number of furan rings is 1. The van der Waals surface area contributed by atoms with E-state index in [1.54, 1.807) is 18.4 Å². The topological polar surface area (TPSA) is 88.7 Å². The molecule has 3 aromatic heterocycles. The minimum absolute atomic E-state index is 0.226. The summed E-state index contributed by atoms with van der Waals surface area (Å²) in [6.07, 6.45) is 2.23. The number of rotatable bonds is 6. The summed E-state index contributed by atoms with van der Waals surface area (Å²) < 4.78 is 7.52. The first kappa shape index (κ1) is 17.1. The number of nitrogens with one attached hydrogen (secondary N) is 2. The highest BCUT2D eigenvalue weighted by atomic mass is 16.3. The van der Waals surface area contributed by atoms with Gasteiger partial charge in [0.15, 0.2) is 11.5 Å². The van der Waals surface area contributed by atoms with Crippen molar-refractivity contribution >= 4 is 16.9 Å². The van der Waals surface area contributed by atoms with Crippen LogP contribution < -0.4 is 5.32 Å². The molecule has 1 amide bonds. The van der Waals surface area contributed by atoms with Gasteiger partial charge in [-0.2, -0.15) is 5.10 Å². The first-order valence-corrected chi connectivity index (χ1v) is 8.97. The fourth-order valence-corrected chi connectivity index (χ4v) is 3.22. The summed E-state index contributed by atoms with van der Waals surface area (Å²) in [4.78, 5) is 17.1. The molecule has 0 aliphatic heterocycles. The largest absolute Gasteiger partial charge is 0.463 e. The Labute approximate surface area is 156 Å². The smallest absolute Gasteiger partial charge is 0.271 e. The fraction of sp³-hybridized carbons (Fsp3) is 0.250. The Morgan fingerprint density at radius 2 is 2.11 bits per heavy atom. The van der Waals surface area contributed by atoms with E-state index in [0.29, 0.717) is 36.2 Å². The summed E-state index contributed by atoms with van der Waals surface area (Å²) >= 11 is 0. The Kier molecular flexibility index (Phi) is 4.50. The maximum absolute atomic E-state index is 12.4. The molecule has 138 valence electrons. The van der Waals surface area contributed by atoms with Crippen molar-refractivity contribution in [1.82, 2.24) is 25.1 Å². The lowest BCUT2D eigenvalue weighted by Gasteiger charge is -2.13. The molecule has 0 aliphatic rings. The minimum Gasteiger partial charge on any atom is -0.463 e. The molecule has 0 fully saturated rings. The van der Waals surface area contributed by atoms with E-state index in [0.717, 1.165) is 16.9 Å². The fourth-order valence-electron chi connectivity index (χ4n) is 3.22.